The molecule has 0 amide bonds. The smallest absolute Gasteiger partial charge is 0.203 e. The van der Waals surface area contributed by atoms with Crippen LogP contribution in [0.3, 0.4) is 0 Å². The Labute approximate surface area is 190 Å². The van der Waals surface area contributed by atoms with E-state index in [4.69, 9.17) is 41.6 Å². The fourth-order valence-electron chi connectivity index (χ4n) is 2.79. The summed E-state index contributed by atoms with van der Waals surface area (Å²) >= 11 is 8.90. The van der Waals surface area contributed by atoms with Crippen molar-refractivity contribution in [2.45, 2.75) is 6.54 Å². The standard InChI is InChI=1S/C21H25BrN2O5S/c1-25-16-8-12(6-14(22)19(16)28-4)7-15(23)21(30)24-11-13-9-17(26-2)20(29-5)18(10-13)27-3/h6-10H,11,23H2,1-5H3,(H,24,30)/b15-7-. The average molecular weight is 497 g/mol. The highest BCUT2D eigenvalue weighted by atomic mass is 79.9. The minimum atomic E-state index is 0.412. The van der Waals surface area contributed by atoms with Gasteiger partial charge in [0.05, 0.1) is 45.7 Å². The first-order chi connectivity index (χ1) is 14.4. The van der Waals surface area contributed by atoms with Gasteiger partial charge in [-0.25, -0.2) is 0 Å². The minimum absolute atomic E-state index is 0.412. The van der Waals surface area contributed by atoms with Crippen LogP contribution in [0, 0.1) is 0 Å². The summed E-state index contributed by atoms with van der Waals surface area (Å²) < 4.78 is 27.5. The van der Waals surface area contributed by atoms with Crippen LogP contribution in [-0.4, -0.2) is 40.5 Å². The molecule has 2 aromatic rings. The van der Waals surface area contributed by atoms with E-state index in [9.17, 15) is 0 Å². The molecule has 0 unspecified atom stereocenters. The van der Waals surface area contributed by atoms with Crippen LogP contribution >= 0.6 is 28.1 Å². The summed E-state index contributed by atoms with van der Waals surface area (Å²) in [6, 6.07) is 7.39. The van der Waals surface area contributed by atoms with E-state index in [1.165, 1.54) is 0 Å². The third-order valence-electron chi connectivity index (χ3n) is 4.22. The van der Waals surface area contributed by atoms with Crippen molar-refractivity contribution in [1.82, 2.24) is 5.32 Å². The Morgan fingerprint density at radius 3 is 1.93 bits per heavy atom. The molecule has 0 atom stereocenters. The number of nitrogens with one attached hydrogen (secondary N) is 1. The summed E-state index contributed by atoms with van der Waals surface area (Å²) in [5, 5.41) is 3.14. The monoisotopic (exact) mass is 496 g/mol. The van der Waals surface area contributed by atoms with Crippen LogP contribution in [0.25, 0.3) is 6.08 Å². The van der Waals surface area contributed by atoms with Gasteiger partial charge in [0.15, 0.2) is 23.0 Å². The van der Waals surface area contributed by atoms with Gasteiger partial charge in [0, 0.05) is 6.54 Å². The van der Waals surface area contributed by atoms with Gasteiger partial charge in [0.25, 0.3) is 0 Å². The summed E-state index contributed by atoms with van der Waals surface area (Å²) in [5.74, 6) is 2.86. The fourth-order valence-corrected chi connectivity index (χ4v) is 3.54. The highest BCUT2D eigenvalue weighted by Gasteiger charge is 2.14. The Kier molecular flexibility index (Phi) is 8.61. The maximum atomic E-state index is 6.18. The second-order valence-electron chi connectivity index (χ2n) is 6.05. The summed E-state index contributed by atoms with van der Waals surface area (Å²) in [5.41, 5.74) is 8.31. The Balaban J connectivity index is 2.18. The van der Waals surface area contributed by atoms with E-state index < -0.39 is 0 Å². The summed E-state index contributed by atoms with van der Waals surface area (Å²) in [4.78, 5) is 0.412. The van der Waals surface area contributed by atoms with Gasteiger partial charge in [-0.1, -0.05) is 12.2 Å². The van der Waals surface area contributed by atoms with Crippen LogP contribution in [0.1, 0.15) is 11.1 Å². The predicted octanol–water partition coefficient (Wildman–Crippen LogP) is 3.91. The lowest BCUT2D eigenvalue weighted by molar-refractivity contribution is 0.323. The van der Waals surface area contributed by atoms with Gasteiger partial charge in [-0.2, -0.15) is 0 Å². The SMILES string of the molecule is COc1cc(/C=C(\N)C(=S)NCc2cc(OC)c(OC)c(OC)c2)cc(Br)c1OC. The lowest BCUT2D eigenvalue weighted by atomic mass is 10.1. The predicted molar refractivity (Wildman–Crippen MR) is 125 cm³/mol. The third-order valence-corrected chi connectivity index (χ3v) is 5.19. The maximum absolute atomic E-state index is 6.18. The van der Waals surface area contributed by atoms with Crippen LogP contribution in [0.5, 0.6) is 28.7 Å². The van der Waals surface area contributed by atoms with Crippen molar-refractivity contribution < 1.29 is 23.7 Å². The van der Waals surface area contributed by atoms with E-state index >= 15 is 0 Å². The first kappa shape index (κ1) is 23.6. The van der Waals surface area contributed by atoms with E-state index in [0.717, 1.165) is 15.6 Å². The molecule has 0 aliphatic carbocycles. The lowest BCUT2D eigenvalue weighted by Crippen LogP contribution is -2.26. The van der Waals surface area contributed by atoms with E-state index in [1.54, 1.807) is 41.6 Å². The summed E-state index contributed by atoms with van der Waals surface area (Å²) in [6.07, 6.45) is 1.76. The van der Waals surface area contributed by atoms with E-state index in [1.807, 2.05) is 24.3 Å². The number of thiocarbonyl (C=S) groups is 1. The third kappa shape index (κ3) is 5.48. The molecule has 0 radical (unpaired) electrons. The Morgan fingerprint density at radius 2 is 1.43 bits per heavy atom. The highest BCUT2D eigenvalue weighted by molar-refractivity contribution is 9.10. The molecule has 2 aromatic carbocycles. The van der Waals surface area contributed by atoms with Crippen LogP contribution in [0.15, 0.2) is 34.4 Å². The second-order valence-corrected chi connectivity index (χ2v) is 7.32. The Bertz CT molecular complexity index is 924. The molecule has 30 heavy (non-hydrogen) atoms. The number of halogens is 1. The van der Waals surface area contributed by atoms with Gasteiger partial charge >= 0.3 is 0 Å². The zero-order valence-electron chi connectivity index (χ0n) is 17.5. The first-order valence-electron chi connectivity index (χ1n) is 8.84. The maximum Gasteiger partial charge on any atom is 0.203 e. The van der Waals surface area contributed by atoms with Crippen molar-refractivity contribution in [1.29, 1.82) is 0 Å². The molecule has 3 N–H and O–H groups in total. The highest BCUT2D eigenvalue weighted by Crippen LogP contribution is 2.38. The first-order valence-corrected chi connectivity index (χ1v) is 10.0. The van der Waals surface area contributed by atoms with E-state index in [-0.39, 0.29) is 0 Å². The molecule has 0 saturated carbocycles. The second kappa shape index (κ2) is 10.9. The van der Waals surface area contributed by atoms with E-state index in [0.29, 0.717) is 46.0 Å². The van der Waals surface area contributed by atoms with Crippen LogP contribution in [0.4, 0.5) is 0 Å². The van der Waals surface area contributed by atoms with Crippen molar-refractivity contribution in [3.8, 4) is 28.7 Å². The number of hydrogen-bond acceptors (Lipinski definition) is 7. The molecular weight excluding hydrogens is 472 g/mol. The van der Waals surface area contributed by atoms with E-state index in [2.05, 4.69) is 21.2 Å². The minimum Gasteiger partial charge on any atom is -0.493 e. The topological polar surface area (TPSA) is 84.2 Å². The van der Waals surface area contributed by atoms with Gasteiger partial charge < -0.3 is 34.7 Å². The van der Waals surface area contributed by atoms with Crippen molar-refractivity contribution in [3.05, 3.63) is 45.6 Å². The largest absolute Gasteiger partial charge is 0.493 e. The molecule has 0 aliphatic heterocycles. The zero-order chi connectivity index (χ0) is 22.3. The van der Waals surface area contributed by atoms with Crippen molar-refractivity contribution in [2.24, 2.45) is 5.73 Å². The van der Waals surface area contributed by atoms with Crippen molar-refractivity contribution in [3.63, 3.8) is 0 Å². The molecule has 0 aromatic heterocycles. The number of rotatable bonds is 9. The van der Waals surface area contributed by atoms with Crippen LogP contribution in [0.2, 0.25) is 0 Å². The quantitative estimate of drug-likeness (QED) is 0.399. The van der Waals surface area contributed by atoms with Gasteiger partial charge in [0.2, 0.25) is 5.75 Å². The molecule has 0 aliphatic rings. The Hall–Kier alpha value is -2.65. The number of ether oxygens (including phenoxy) is 5. The van der Waals surface area contributed by atoms with Gasteiger partial charge in [-0.15, -0.1) is 0 Å². The molecule has 9 heteroatoms. The molecule has 162 valence electrons. The molecule has 2 rings (SSSR count). The Morgan fingerprint density at radius 1 is 0.900 bits per heavy atom. The zero-order valence-corrected chi connectivity index (χ0v) is 19.9. The number of benzene rings is 2. The summed E-state index contributed by atoms with van der Waals surface area (Å²) in [7, 11) is 7.85. The van der Waals surface area contributed by atoms with Crippen LogP contribution in [-0.2, 0) is 6.54 Å². The number of methoxy groups -OCH3 is 5. The average Bonchev–Trinajstić information content (AvgIpc) is 2.75. The van der Waals surface area contributed by atoms with Gasteiger partial charge in [-0.3, -0.25) is 0 Å². The molecule has 0 spiro atoms. The molecule has 0 heterocycles. The van der Waals surface area contributed by atoms with Gasteiger partial charge in [0.1, 0.15) is 4.99 Å². The lowest BCUT2D eigenvalue weighted by Gasteiger charge is -2.15. The molecular formula is C21H25BrN2O5S. The van der Waals surface area contributed by atoms with Crippen LogP contribution < -0.4 is 34.7 Å². The summed E-state index contributed by atoms with van der Waals surface area (Å²) in [6.45, 7) is 0.430. The molecule has 7 nitrogen and oxygen atoms in total. The number of hydrogen-bond donors (Lipinski definition) is 2. The molecule has 0 saturated heterocycles. The normalized spacial score (nSPS) is 10.9. The van der Waals surface area contributed by atoms with Crippen molar-refractivity contribution in [2.75, 3.05) is 35.5 Å². The molecule has 0 bridgehead atoms. The fraction of sp³-hybridized carbons (Fsp3) is 0.286. The molecule has 0 fully saturated rings. The van der Waals surface area contributed by atoms with Crippen molar-refractivity contribution >= 4 is 39.2 Å². The van der Waals surface area contributed by atoms with Gasteiger partial charge in [-0.05, 0) is 57.4 Å². The number of nitrogens with two attached hydrogens (primary N) is 1.